The summed E-state index contributed by atoms with van der Waals surface area (Å²) < 4.78 is 12.4. The van der Waals surface area contributed by atoms with Crippen molar-refractivity contribution in [2.24, 2.45) is 15.7 Å². The summed E-state index contributed by atoms with van der Waals surface area (Å²) in [6.07, 6.45) is 8.56. The molecule has 0 radical (unpaired) electrons. The number of urea groups is 1. The van der Waals surface area contributed by atoms with Crippen LogP contribution in [-0.2, 0) is 0 Å². The predicted octanol–water partition coefficient (Wildman–Crippen LogP) is 7.53. The Balaban J connectivity index is 0.973. The van der Waals surface area contributed by atoms with Crippen molar-refractivity contribution in [3.05, 3.63) is 110 Å². The molecule has 2 aliphatic rings. The van der Waals surface area contributed by atoms with Crippen LogP contribution < -0.4 is 15.5 Å². The number of nitrogens with two attached hydrogens (primary N) is 1. The molecule has 2 amide bonds. The number of rotatable bonds is 3. The van der Waals surface area contributed by atoms with Crippen LogP contribution in [0.15, 0.2) is 129 Å². The van der Waals surface area contributed by atoms with E-state index in [1.165, 1.54) is 6.34 Å². The second-order valence-electron chi connectivity index (χ2n) is 11.0. The number of nitrogens with zero attached hydrogens (tertiary/aromatic N) is 6. The van der Waals surface area contributed by atoms with Gasteiger partial charge in [-0.1, -0.05) is 60.7 Å². The molecule has 4 heterocycles. The molecule has 10 nitrogen and oxygen atoms in total. The molecular weight excluding hydrogens is 566 g/mol. The molecule has 0 saturated carbocycles. The zero-order chi connectivity index (χ0) is 30.7. The van der Waals surface area contributed by atoms with E-state index in [-0.39, 0.29) is 18.3 Å². The molecule has 2 N–H and O–H groups in total. The normalized spacial score (nSPS) is 18.8. The third-order valence-electron chi connectivity index (χ3n) is 8.53. The van der Waals surface area contributed by atoms with Crippen LogP contribution in [0.4, 0.5) is 16.2 Å². The first-order chi connectivity index (χ1) is 22.0. The van der Waals surface area contributed by atoms with Crippen molar-refractivity contribution in [1.82, 2.24) is 9.80 Å². The molecule has 4 aromatic carbocycles. The van der Waals surface area contributed by atoms with Gasteiger partial charge in [0.2, 0.25) is 5.96 Å². The number of amides is 2. The Hall–Kier alpha value is -6.03. The third kappa shape index (κ3) is 4.29. The lowest BCUT2D eigenvalue weighted by molar-refractivity contribution is 0.256. The Morgan fingerprint density at radius 1 is 0.689 bits per heavy atom. The van der Waals surface area contributed by atoms with E-state index in [0.717, 1.165) is 55.3 Å². The van der Waals surface area contributed by atoms with Gasteiger partial charge in [0.1, 0.15) is 29.8 Å². The largest absolute Gasteiger partial charge is 0.454 e. The van der Waals surface area contributed by atoms with Gasteiger partial charge in [-0.15, -0.1) is 0 Å². The maximum Gasteiger partial charge on any atom is 0.371 e. The summed E-state index contributed by atoms with van der Waals surface area (Å²) in [5, 5.41) is 4.21. The number of aliphatic imine (C=N–C) groups is 2. The molecule has 2 aliphatic heterocycles. The van der Waals surface area contributed by atoms with Gasteiger partial charge in [-0.25, -0.2) is 4.79 Å². The zero-order valence-electron chi connectivity index (χ0n) is 24.6. The first-order valence-electron chi connectivity index (χ1n) is 14.7. The first-order valence-corrected chi connectivity index (χ1v) is 14.7. The number of benzene rings is 4. The molecule has 0 saturated heterocycles. The van der Waals surface area contributed by atoms with Gasteiger partial charge in [0.25, 0.3) is 0 Å². The molecule has 10 heteroatoms. The highest BCUT2D eigenvalue weighted by Crippen LogP contribution is 2.38. The highest BCUT2D eigenvalue weighted by Gasteiger charge is 2.29. The number of hydrogen-bond acceptors (Lipinski definition) is 5. The van der Waals surface area contributed by atoms with Gasteiger partial charge in [-0.3, -0.25) is 4.90 Å². The summed E-state index contributed by atoms with van der Waals surface area (Å²) >= 11 is 0. The Morgan fingerprint density at radius 2 is 1.22 bits per heavy atom. The fraction of sp³-hybridized carbons (Fsp3) is 0.114. The summed E-state index contributed by atoms with van der Waals surface area (Å²) in [4.78, 5) is 28.6. The van der Waals surface area contributed by atoms with Crippen LogP contribution in [0.3, 0.4) is 0 Å². The average Bonchev–Trinajstić information content (AvgIpc) is 3.82. The molecule has 8 rings (SSSR count). The van der Waals surface area contributed by atoms with E-state index in [2.05, 4.69) is 33.1 Å². The molecule has 0 bridgehead atoms. The van der Waals surface area contributed by atoms with Crippen LogP contribution >= 0.6 is 0 Å². The summed E-state index contributed by atoms with van der Waals surface area (Å²) in [5.41, 5.74) is 11.4. The fourth-order valence-electron chi connectivity index (χ4n) is 6.21. The Kier molecular flexibility index (Phi) is 6.09. The SMILES string of the molecule is CC1N(/C=N/C(=O)/N=C(\N)N2C=CN(c3cccc4c3oc3ccccc34)C2C)C=CN1c1cccc2c1oc1ccccc12. The minimum absolute atomic E-state index is 0.0448. The summed E-state index contributed by atoms with van der Waals surface area (Å²) in [6.45, 7) is 3.99. The number of fused-ring (bicyclic) bond motifs is 6. The maximum absolute atomic E-state index is 12.8. The van der Waals surface area contributed by atoms with Crippen molar-refractivity contribution >= 4 is 73.6 Å². The maximum atomic E-state index is 12.8. The van der Waals surface area contributed by atoms with E-state index in [1.807, 2.05) is 109 Å². The lowest BCUT2D eigenvalue weighted by atomic mass is 10.1. The number of para-hydroxylation sites is 4. The number of hydrogen-bond donors (Lipinski definition) is 1. The molecule has 6 aromatic rings. The van der Waals surface area contributed by atoms with Crippen molar-refractivity contribution in [1.29, 1.82) is 0 Å². The van der Waals surface area contributed by atoms with E-state index >= 15 is 0 Å². The lowest BCUT2D eigenvalue weighted by Crippen LogP contribution is -2.43. The van der Waals surface area contributed by atoms with Gasteiger partial charge in [-0.2, -0.15) is 9.98 Å². The van der Waals surface area contributed by atoms with Crippen molar-refractivity contribution in [2.45, 2.75) is 26.2 Å². The van der Waals surface area contributed by atoms with Gasteiger partial charge in [0, 0.05) is 46.3 Å². The zero-order valence-corrected chi connectivity index (χ0v) is 24.6. The second-order valence-corrected chi connectivity index (χ2v) is 11.0. The van der Waals surface area contributed by atoms with Gasteiger partial charge >= 0.3 is 6.03 Å². The first kappa shape index (κ1) is 26.6. The number of guanidine groups is 1. The standard InChI is InChI=1S/C35H29N7O3/c1-22-39(17-18-40(22)28-13-7-11-26-24-9-3-5-15-30(24)44-32(26)28)21-37-35(43)38-34(36)42-20-19-41(23(42)2)29-14-8-12-27-25-10-4-6-16-31(25)45-33(27)29/h3-23H,1-2H3,(H2,36,38,43)/b37-21+. The number of anilines is 2. The third-order valence-corrected chi connectivity index (χ3v) is 8.53. The van der Waals surface area contributed by atoms with E-state index in [4.69, 9.17) is 14.6 Å². The summed E-state index contributed by atoms with van der Waals surface area (Å²) in [7, 11) is 0. The van der Waals surface area contributed by atoms with E-state index in [1.54, 1.807) is 11.1 Å². The van der Waals surface area contributed by atoms with E-state index < -0.39 is 6.03 Å². The van der Waals surface area contributed by atoms with Crippen molar-refractivity contribution in [3.8, 4) is 0 Å². The Morgan fingerprint density at radius 3 is 1.84 bits per heavy atom. The van der Waals surface area contributed by atoms with Gasteiger partial charge < -0.3 is 29.3 Å². The monoisotopic (exact) mass is 595 g/mol. The van der Waals surface area contributed by atoms with E-state index in [0.29, 0.717) is 0 Å². The van der Waals surface area contributed by atoms with Crippen LogP contribution in [0.1, 0.15) is 13.8 Å². The fourth-order valence-corrected chi connectivity index (χ4v) is 6.21. The minimum atomic E-state index is -0.704. The molecule has 45 heavy (non-hydrogen) atoms. The summed E-state index contributed by atoms with van der Waals surface area (Å²) in [5.74, 6) is 0.0448. The van der Waals surface area contributed by atoms with Crippen LogP contribution in [-0.4, -0.2) is 40.5 Å². The molecule has 2 aromatic heterocycles. The number of carbonyl (C=O) groups excluding carboxylic acids is 1. The molecule has 222 valence electrons. The lowest BCUT2D eigenvalue weighted by Gasteiger charge is -2.28. The molecule has 0 aliphatic carbocycles. The summed E-state index contributed by atoms with van der Waals surface area (Å²) in [6, 6.07) is 27.4. The van der Waals surface area contributed by atoms with Crippen LogP contribution in [0.5, 0.6) is 0 Å². The van der Waals surface area contributed by atoms with Crippen molar-refractivity contribution in [2.75, 3.05) is 9.80 Å². The minimum Gasteiger partial charge on any atom is -0.454 e. The molecule has 0 spiro atoms. The van der Waals surface area contributed by atoms with Gasteiger partial charge in [0.05, 0.1) is 11.4 Å². The highest BCUT2D eigenvalue weighted by atomic mass is 16.3. The van der Waals surface area contributed by atoms with Gasteiger partial charge in [0.15, 0.2) is 11.2 Å². The van der Waals surface area contributed by atoms with Crippen LogP contribution in [0, 0.1) is 0 Å². The topological polar surface area (TPSA) is 107 Å². The van der Waals surface area contributed by atoms with Gasteiger partial charge in [-0.05, 0) is 38.1 Å². The molecule has 2 atom stereocenters. The van der Waals surface area contributed by atoms with Crippen LogP contribution in [0.2, 0.25) is 0 Å². The second kappa shape index (κ2) is 10.3. The Bertz CT molecular complexity index is 2240. The number of carbonyl (C=O) groups is 1. The molecular formula is C35H29N7O3. The average molecular weight is 596 g/mol. The number of furan rings is 2. The Labute approximate surface area is 258 Å². The van der Waals surface area contributed by atoms with Crippen molar-refractivity contribution in [3.63, 3.8) is 0 Å². The van der Waals surface area contributed by atoms with Crippen molar-refractivity contribution < 1.29 is 13.6 Å². The highest BCUT2D eigenvalue weighted by molar-refractivity contribution is 6.10. The smallest absolute Gasteiger partial charge is 0.371 e. The molecule has 2 unspecified atom stereocenters. The predicted molar refractivity (Wildman–Crippen MR) is 179 cm³/mol. The quantitative estimate of drug-likeness (QED) is 0.165. The molecule has 0 fully saturated rings. The van der Waals surface area contributed by atoms with Crippen LogP contribution in [0.25, 0.3) is 43.9 Å². The van der Waals surface area contributed by atoms with E-state index in [9.17, 15) is 4.79 Å².